The molecule has 5 heteroatoms. The molecule has 15 heavy (non-hydrogen) atoms. The maximum absolute atomic E-state index is 10.0. The van der Waals surface area contributed by atoms with Crippen LogP contribution in [-0.4, -0.2) is 22.2 Å². The van der Waals surface area contributed by atoms with E-state index in [4.69, 9.17) is 10.2 Å². The Hall–Kier alpha value is -0.138. The van der Waals surface area contributed by atoms with Crippen molar-refractivity contribution in [3.8, 4) is 0 Å². The van der Waals surface area contributed by atoms with Crippen LogP contribution in [0.4, 0.5) is 0 Å². The van der Waals surface area contributed by atoms with Gasteiger partial charge in [0.2, 0.25) is 0 Å². The van der Waals surface area contributed by atoms with Crippen LogP contribution in [0.5, 0.6) is 0 Å². The summed E-state index contributed by atoms with van der Waals surface area (Å²) < 4.78 is 0. The van der Waals surface area contributed by atoms with Crippen LogP contribution in [0.3, 0.4) is 0 Å². The zero-order valence-electron chi connectivity index (χ0n) is 10.4. The van der Waals surface area contributed by atoms with Gasteiger partial charge in [-0.15, -0.1) is 0 Å². The molecule has 0 aromatic rings. The minimum Gasteiger partial charge on any atom is -0.481 e. The fourth-order valence-corrected chi connectivity index (χ4v) is 0. The molecule has 0 radical (unpaired) electrons. The first-order chi connectivity index (χ1) is 5.89. The summed E-state index contributed by atoms with van der Waals surface area (Å²) in [5.74, 6) is -1.51. The van der Waals surface area contributed by atoms with Crippen LogP contribution < -0.4 is 0 Å². The standard InChI is InChI=1S/2C5H10O2.Cd/c2*1-5(2,3)4(6)7;/h2*1-3H3,(H,6,7);. The Morgan fingerprint density at radius 3 is 0.800 bits per heavy atom. The zero-order chi connectivity index (χ0) is 12.2. The fraction of sp³-hybridized carbons (Fsp3) is 0.800. The second-order valence-corrected chi connectivity index (χ2v) is 5.11. The molecule has 0 saturated carbocycles. The van der Waals surface area contributed by atoms with E-state index in [-0.39, 0.29) is 27.3 Å². The third-order valence-corrected chi connectivity index (χ3v) is 1.28. The van der Waals surface area contributed by atoms with Gasteiger partial charge < -0.3 is 10.2 Å². The van der Waals surface area contributed by atoms with Gasteiger partial charge in [-0.3, -0.25) is 9.59 Å². The summed E-state index contributed by atoms with van der Waals surface area (Å²) in [4.78, 5) is 20.0. The van der Waals surface area contributed by atoms with Crippen molar-refractivity contribution in [3.05, 3.63) is 0 Å². The zero-order valence-corrected chi connectivity index (χ0v) is 14.5. The Balaban J connectivity index is -0.000000180. The molecule has 0 heterocycles. The molecule has 0 rings (SSSR count). The Morgan fingerprint density at radius 2 is 0.800 bits per heavy atom. The van der Waals surface area contributed by atoms with Crippen LogP contribution in [-0.2, 0) is 36.9 Å². The summed E-state index contributed by atoms with van der Waals surface area (Å²) in [5, 5.41) is 16.5. The monoisotopic (exact) mass is 318 g/mol. The van der Waals surface area contributed by atoms with E-state index in [1.807, 2.05) is 0 Å². The molecule has 0 bridgehead atoms. The van der Waals surface area contributed by atoms with Gasteiger partial charge in [0.25, 0.3) is 0 Å². The van der Waals surface area contributed by atoms with Gasteiger partial charge in [0, 0.05) is 27.3 Å². The molecule has 2 N–H and O–H groups in total. The quantitative estimate of drug-likeness (QED) is 0.672. The Kier molecular flexibility index (Phi) is 9.73. The molecule has 0 aliphatic rings. The van der Waals surface area contributed by atoms with E-state index < -0.39 is 22.8 Å². The van der Waals surface area contributed by atoms with Crippen molar-refractivity contribution in [1.82, 2.24) is 0 Å². The third-order valence-electron chi connectivity index (χ3n) is 1.28. The topological polar surface area (TPSA) is 74.6 Å². The average molecular weight is 317 g/mol. The molecular weight excluding hydrogens is 297 g/mol. The van der Waals surface area contributed by atoms with Crippen LogP contribution >= 0.6 is 0 Å². The first-order valence-corrected chi connectivity index (χ1v) is 4.36. The van der Waals surface area contributed by atoms with Crippen molar-refractivity contribution < 1.29 is 47.1 Å². The summed E-state index contributed by atoms with van der Waals surface area (Å²) in [6.07, 6.45) is 0. The summed E-state index contributed by atoms with van der Waals surface area (Å²) in [7, 11) is 0. The van der Waals surface area contributed by atoms with Gasteiger partial charge in [-0.2, -0.15) is 0 Å². The van der Waals surface area contributed by atoms with Crippen molar-refractivity contribution in [2.45, 2.75) is 41.5 Å². The van der Waals surface area contributed by atoms with Gasteiger partial charge in [0.1, 0.15) is 0 Å². The SMILES string of the molecule is CC(C)(C)C(=O)O.CC(C)(C)C(=O)O.[Cd]. The number of hydrogen-bond donors (Lipinski definition) is 2. The van der Waals surface area contributed by atoms with E-state index in [0.29, 0.717) is 0 Å². The van der Waals surface area contributed by atoms with E-state index in [9.17, 15) is 9.59 Å². The van der Waals surface area contributed by atoms with Crippen LogP contribution in [0.15, 0.2) is 0 Å². The van der Waals surface area contributed by atoms with Crippen molar-refractivity contribution in [3.63, 3.8) is 0 Å². The minimum absolute atomic E-state index is 0. The van der Waals surface area contributed by atoms with Crippen molar-refractivity contribution in [1.29, 1.82) is 0 Å². The number of hydrogen-bond acceptors (Lipinski definition) is 2. The molecule has 0 fully saturated rings. The third kappa shape index (κ3) is 13.9. The Bertz CT molecular complexity index is 186. The number of carboxylic acid groups (broad SMARTS) is 2. The molecular formula is C10H20CdO4. The summed E-state index contributed by atoms with van der Waals surface area (Å²) in [5.41, 5.74) is -1.17. The smallest absolute Gasteiger partial charge is 0.308 e. The second kappa shape index (κ2) is 7.19. The number of aliphatic carboxylic acids is 2. The van der Waals surface area contributed by atoms with Crippen LogP contribution in [0, 0.1) is 10.8 Å². The molecule has 0 aliphatic heterocycles. The molecule has 0 saturated heterocycles. The first-order valence-electron chi connectivity index (χ1n) is 4.36. The molecule has 86 valence electrons. The maximum atomic E-state index is 10.0. The van der Waals surface area contributed by atoms with E-state index in [1.165, 1.54) is 0 Å². The number of carbonyl (C=O) groups is 2. The molecule has 0 aliphatic carbocycles. The van der Waals surface area contributed by atoms with Gasteiger partial charge in [-0.25, -0.2) is 0 Å². The first kappa shape index (κ1) is 20.3. The minimum atomic E-state index is -0.757. The van der Waals surface area contributed by atoms with Gasteiger partial charge >= 0.3 is 11.9 Å². The summed E-state index contributed by atoms with van der Waals surface area (Å²) in [6.45, 7) is 9.97. The average Bonchev–Trinajstić information content (AvgIpc) is 1.83. The van der Waals surface area contributed by atoms with Crippen LogP contribution in [0.1, 0.15) is 41.5 Å². The van der Waals surface area contributed by atoms with Gasteiger partial charge in [0.05, 0.1) is 10.8 Å². The maximum Gasteiger partial charge on any atom is 0.308 e. The predicted octanol–water partition coefficient (Wildman–Crippen LogP) is 2.23. The van der Waals surface area contributed by atoms with Crippen molar-refractivity contribution in [2.24, 2.45) is 10.8 Å². The molecule has 0 amide bonds. The van der Waals surface area contributed by atoms with Crippen LogP contribution in [0.2, 0.25) is 0 Å². The summed E-state index contributed by atoms with van der Waals surface area (Å²) in [6, 6.07) is 0. The van der Waals surface area contributed by atoms with E-state index >= 15 is 0 Å². The van der Waals surface area contributed by atoms with Crippen LogP contribution in [0.25, 0.3) is 0 Å². The second-order valence-electron chi connectivity index (χ2n) is 5.11. The predicted molar refractivity (Wildman–Crippen MR) is 54.2 cm³/mol. The van der Waals surface area contributed by atoms with Gasteiger partial charge in [-0.1, -0.05) is 0 Å². The van der Waals surface area contributed by atoms with Crippen molar-refractivity contribution in [2.75, 3.05) is 0 Å². The van der Waals surface area contributed by atoms with Gasteiger partial charge in [0.15, 0.2) is 0 Å². The molecule has 0 unspecified atom stereocenters. The molecule has 4 nitrogen and oxygen atoms in total. The molecule has 0 aromatic heterocycles. The number of rotatable bonds is 0. The Morgan fingerprint density at radius 1 is 0.733 bits per heavy atom. The van der Waals surface area contributed by atoms with E-state index in [2.05, 4.69) is 0 Å². The summed E-state index contributed by atoms with van der Waals surface area (Å²) >= 11 is 0. The van der Waals surface area contributed by atoms with E-state index in [1.54, 1.807) is 41.5 Å². The van der Waals surface area contributed by atoms with Gasteiger partial charge in [-0.05, 0) is 41.5 Å². The largest absolute Gasteiger partial charge is 0.481 e. The Labute approximate surface area is 111 Å². The molecule has 0 atom stereocenters. The van der Waals surface area contributed by atoms with E-state index in [0.717, 1.165) is 0 Å². The number of carboxylic acids is 2. The fourth-order valence-electron chi connectivity index (χ4n) is 0. The molecule has 0 spiro atoms. The normalized spacial score (nSPS) is 10.5. The van der Waals surface area contributed by atoms with Crippen molar-refractivity contribution >= 4 is 11.9 Å². The molecule has 0 aromatic carbocycles.